The molecule has 3 rings (SSSR count). The predicted octanol–water partition coefficient (Wildman–Crippen LogP) is 4.33. The minimum atomic E-state index is 0.279. The summed E-state index contributed by atoms with van der Waals surface area (Å²) in [6.07, 6.45) is 1.75. The smallest absolute Gasteiger partial charge is 0.216 e. The van der Waals surface area contributed by atoms with Gasteiger partial charge in [-0.1, -0.05) is 35.9 Å². The van der Waals surface area contributed by atoms with Crippen LogP contribution in [0.4, 0.5) is 0 Å². The fourth-order valence-corrected chi connectivity index (χ4v) is 2.46. The number of hydrogen-bond donors (Lipinski definition) is 1. The van der Waals surface area contributed by atoms with Gasteiger partial charge in [0.1, 0.15) is 12.4 Å². The molecule has 5 nitrogen and oxygen atoms in total. The molecule has 128 valence electrons. The average Bonchev–Trinajstić information content (AvgIpc) is 2.95. The molecule has 0 amide bonds. The first-order valence-electron chi connectivity index (χ1n) is 8.00. The van der Waals surface area contributed by atoms with Crippen molar-refractivity contribution < 1.29 is 4.74 Å². The number of H-pyrrole nitrogens is 1. The van der Waals surface area contributed by atoms with Crippen LogP contribution in [-0.2, 0) is 6.61 Å². The molecule has 2 aromatic carbocycles. The molecule has 0 unspecified atom stereocenters. The van der Waals surface area contributed by atoms with E-state index in [4.69, 9.17) is 17.0 Å². The number of ether oxygens (including phenoxy) is 1. The van der Waals surface area contributed by atoms with Gasteiger partial charge in [0.05, 0.1) is 6.21 Å². The molecular weight excluding hydrogens is 332 g/mol. The second kappa shape index (κ2) is 7.44. The van der Waals surface area contributed by atoms with Crippen molar-refractivity contribution in [2.24, 2.45) is 5.10 Å². The fraction of sp³-hybridized carbons (Fsp3) is 0.211. The van der Waals surface area contributed by atoms with Gasteiger partial charge in [-0.3, -0.25) is 0 Å². The first-order chi connectivity index (χ1) is 12.0. The topological polar surface area (TPSA) is 55.2 Å². The van der Waals surface area contributed by atoms with Crippen LogP contribution in [0, 0.1) is 25.5 Å². The Morgan fingerprint density at radius 2 is 1.88 bits per heavy atom. The van der Waals surface area contributed by atoms with Crippen LogP contribution in [0.5, 0.6) is 5.75 Å². The van der Waals surface area contributed by atoms with Crippen LogP contribution in [0.3, 0.4) is 0 Å². The Hall–Kier alpha value is -2.73. The summed E-state index contributed by atoms with van der Waals surface area (Å²) in [5, 5.41) is 11.4. The van der Waals surface area contributed by atoms with E-state index in [1.165, 1.54) is 16.7 Å². The molecule has 25 heavy (non-hydrogen) atoms. The zero-order valence-corrected chi connectivity index (χ0v) is 15.3. The van der Waals surface area contributed by atoms with Crippen molar-refractivity contribution >= 4 is 18.4 Å². The van der Waals surface area contributed by atoms with Gasteiger partial charge in [0, 0.05) is 0 Å². The molecule has 0 saturated heterocycles. The van der Waals surface area contributed by atoms with Crippen molar-refractivity contribution in [3.63, 3.8) is 0 Å². The Labute approximate surface area is 152 Å². The van der Waals surface area contributed by atoms with Crippen molar-refractivity contribution in [2.75, 3.05) is 0 Å². The van der Waals surface area contributed by atoms with Gasteiger partial charge in [0.25, 0.3) is 0 Å². The van der Waals surface area contributed by atoms with E-state index >= 15 is 0 Å². The first-order valence-corrected chi connectivity index (χ1v) is 8.41. The summed E-state index contributed by atoms with van der Waals surface area (Å²) in [7, 11) is 0. The third kappa shape index (κ3) is 4.22. The normalized spacial score (nSPS) is 11.2. The minimum Gasteiger partial charge on any atom is -0.486 e. The molecule has 0 aliphatic rings. The standard InChI is InChI=1S/C19H20N4OS/c1-13-4-7-16(8-5-13)11-20-23-18(21-22-19(23)25)12-24-17-9-6-14(2)15(3)10-17/h4-11H,12H2,1-3H3,(H,22,25)/b20-11+. The van der Waals surface area contributed by atoms with Gasteiger partial charge in [-0.2, -0.15) is 14.9 Å². The number of aromatic amines is 1. The van der Waals surface area contributed by atoms with Gasteiger partial charge in [-0.25, -0.2) is 5.10 Å². The van der Waals surface area contributed by atoms with Gasteiger partial charge in [-0.05, 0) is 61.8 Å². The Balaban J connectivity index is 1.76. The lowest BCUT2D eigenvalue weighted by Gasteiger charge is -2.07. The number of aryl methyl sites for hydroxylation is 3. The highest BCUT2D eigenvalue weighted by atomic mass is 32.1. The summed E-state index contributed by atoms with van der Waals surface area (Å²) in [5.74, 6) is 1.41. The lowest BCUT2D eigenvalue weighted by Crippen LogP contribution is -2.04. The van der Waals surface area contributed by atoms with Gasteiger partial charge in [0.2, 0.25) is 4.77 Å². The number of aromatic nitrogens is 3. The van der Waals surface area contributed by atoms with E-state index in [-0.39, 0.29) is 6.61 Å². The van der Waals surface area contributed by atoms with Crippen molar-refractivity contribution in [2.45, 2.75) is 27.4 Å². The van der Waals surface area contributed by atoms with Crippen LogP contribution in [0.25, 0.3) is 0 Å². The summed E-state index contributed by atoms with van der Waals surface area (Å²) in [5.41, 5.74) is 4.63. The van der Waals surface area contributed by atoms with E-state index in [0.717, 1.165) is 11.3 Å². The van der Waals surface area contributed by atoms with E-state index in [2.05, 4.69) is 36.1 Å². The maximum absolute atomic E-state index is 5.83. The summed E-state index contributed by atoms with van der Waals surface area (Å²) >= 11 is 5.25. The molecule has 0 radical (unpaired) electrons. The van der Waals surface area contributed by atoms with Gasteiger partial charge < -0.3 is 4.74 Å². The van der Waals surface area contributed by atoms with Gasteiger partial charge in [0.15, 0.2) is 5.82 Å². The lowest BCUT2D eigenvalue weighted by atomic mass is 10.1. The summed E-state index contributed by atoms with van der Waals surface area (Å²) in [6.45, 7) is 6.46. The monoisotopic (exact) mass is 352 g/mol. The average molecular weight is 352 g/mol. The quantitative estimate of drug-likeness (QED) is 0.549. The molecule has 1 N–H and O–H groups in total. The number of rotatable bonds is 5. The third-order valence-corrected chi connectivity index (χ3v) is 4.23. The molecule has 3 aromatic rings. The highest BCUT2D eigenvalue weighted by Gasteiger charge is 2.06. The maximum atomic E-state index is 5.83. The van der Waals surface area contributed by atoms with Gasteiger partial charge >= 0.3 is 0 Å². The van der Waals surface area contributed by atoms with Crippen LogP contribution in [0.15, 0.2) is 47.6 Å². The summed E-state index contributed by atoms with van der Waals surface area (Å²) in [4.78, 5) is 0. The van der Waals surface area contributed by atoms with Crippen LogP contribution in [-0.4, -0.2) is 21.1 Å². The zero-order chi connectivity index (χ0) is 17.8. The second-order valence-corrected chi connectivity index (χ2v) is 6.33. The van der Waals surface area contributed by atoms with E-state index in [0.29, 0.717) is 10.6 Å². The Morgan fingerprint density at radius 1 is 1.12 bits per heavy atom. The first kappa shape index (κ1) is 17.1. The molecule has 0 atom stereocenters. The molecule has 6 heteroatoms. The van der Waals surface area contributed by atoms with Crippen LogP contribution >= 0.6 is 12.2 Å². The highest BCUT2D eigenvalue weighted by molar-refractivity contribution is 7.71. The van der Waals surface area contributed by atoms with Crippen LogP contribution in [0.1, 0.15) is 28.1 Å². The van der Waals surface area contributed by atoms with Crippen molar-refractivity contribution in [1.29, 1.82) is 0 Å². The Morgan fingerprint density at radius 3 is 2.60 bits per heavy atom. The van der Waals surface area contributed by atoms with E-state index < -0.39 is 0 Å². The number of nitrogens with zero attached hydrogens (tertiary/aromatic N) is 3. The lowest BCUT2D eigenvalue weighted by molar-refractivity contribution is 0.290. The molecule has 0 aliphatic heterocycles. The van der Waals surface area contributed by atoms with Crippen molar-refractivity contribution in [1.82, 2.24) is 14.9 Å². The van der Waals surface area contributed by atoms with E-state index in [1.54, 1.807) is 10.9 Å². The molecule has 0 spiro atoms. The fourth-order valence-electron chi connectivity index (χ4n) is 2.27. The molecular formula is C19H20N4OS. The number of hydrogen-bond acceptors (Lipinski definition) is 4. The molecule has 0 saturated carbocycles. The number of benzene rings is 2. The molecule has 0 fully saturated rings. The van der Waals surface area contributed by atoms with E-state index in [9.17, 15) is 0 Å². The van der Waals surface area contributed by atoms with Crippen LogP contribution < -0.4 is 4.74 Å². The zero-order valence-electron chi connectivity index (χ0n) is 14.5. The summed E-state index contributed by atoms with van der Waals surface area (Å²) in [6, 6.07) is 14.1. The Bertz CT molecular complexity index is 954. The largest absolute Gasteiger partial charge is 0.486 e. The molecule has 1 heterocycles. The third-order valence-electron chi connectivity index (χ3n) is 3.96. The van der Waals surface area contributed by atoms with E-state index in [1.807, 2.05) is 42.5 Å². The molecule has 1 aromatic heterocycles. The number of nitrogens with one attached hydrogen (secondary N) is 1. The van der Waals surface area contributed by atoms with Crippen molar-refractivity contribution in [3.05, 3.63) is 75.3 Å². The second-order valence-electron chi connectivity index (χ2n) is 5.95. The van der Waals surface area contributed by atoms with Crippen LogP contribution in [0.2, 0.25) is 0 Å². The maximum Gasteiger partial charge on any atom is 0.216 e. The highest BCUT2D eigenvalue weighted by Crippen LogP contribution is 2.17. The Kier molecular flexibility index (Phi) is 5.09. The SMILES string of the molecule is Cc1ccc(/C=N/n2c(COc3ccc(C)c(C)c3)n[nH]c2=S)cc1. The summed E-state index contributed by atoms with van der Waals surface area (Å²) < 4.78 is 7.84. The molecule has 0 aliphatic carbocycles. The van der Waals surface area contributed by atoms with Crippen molar-refractivity contribution in [3.8, 4) is 5.75 Å². The minimum absolute atomic E-state index is 0.279. The van der Waals surface area contributed by atoms with Gasteiger partial charge in [-0.15, -0.1) is 0 Å². The predicted molar refractivity (Wildman–Crippen MR) is 102 cm³/mol. The molecule has 0 bridgehead atoms.